The summed E-state index contributed by atoms with van der Waals surface area (Å²) in [6.45, 7) is -0.0541. The fourth-order valence-electron chi connectivity index (χ4n) is 4.26. The molecule has 4 rings (SSSR count). The summed E-state index contributed by atoms with van der Waals surface area (Å²) in [6.07, 6.45) is -0.334. The van der Waals surface area contributed by atoms with Crippen LogP contribution < -0.4 is 5.11 Å². The summed E-state index contributed by atoms with van der Waals surface area (Å²) in [5.41, 5.74) is 1.61. The molecule has 0 radical (unpaired) electrons. The number of carbonyl (C=O) groups is 3. The summed E-state index contributed by atoms with van der Waals surface area (Å²) < 4.78 is 0. The summed E-state index contributed by atoms with van der Waals surface area (Å²) in [4.78, 5) is 39.2. The van der Waals surface area contributed by atoms with Crippen LogP contribution in [0.1, 0.15) is 35.1 Å². The van der Waals surface area contributed by atoms with Crippen LogP contribution in [0.3, 0.4) is 0 Å². The van der Waals surface area contributed by atoms with E-state index in [0.717, 1.165) is 0 Å². The van der Waals surface area contributed by atoms with Gasteiger partial charge >= 0.3 is 0 Å². The van der Waals surface area contributed by atoms with E-state index in [1.54, 1.807) is 84.9 Å². The molecule has 0 saturated carbocycles. The normalized spacial score (nSPS) is 18.1. The zero-order valence-corrected chi connectivity index (χ0v) is 18.8. The van der Waals surface area contributed by atoms with Crippen LogP contribution in [0.25, 0.3) is 5.76 Å². The molecule has 0 unspecified atom stereocenters. The number of Topliss-reactive ketones (excluding diaryl/α,β-unsaturated/α-hetero) is 1. The number of aliphatic hydroxyl groups excluding tert-OH is 1. The highest BCUT2D eigenvalue weighted by Crippen LogP contribution is 2.41. The van der Waals surface area contributed by atoms with Gasteiger partial charge in [-0.25, -0.2) is 0 Å². The minimum absolute atomic E-state index is 0.0541. The number of benzene rings is 3. The van der Waals surface area contributed by atoms with Gasteiger partial charge in [0.25, 0.3) is 11.7 Å². The van der Waals surface area contributed by atoms with Crippen LogP contribution in [0.4, 0.5) is 0 Å². The number of hydrogen-bond acceptors (Lipinski definition) is 5. The average Bonchev–Trinajstić information content (AvgIpc) is 3.09. The fraction of sp³-hybridized carbons (Fsp3) is 0.148. The minimum atomic E-state index is -1.27. The molecule has 0 aromatic heterocycles. The first-order chi connectivity index (χ1) is 16.4. The molecule has 2 atom stereocenters. The highest BCUT2D eigenvalue weighted by Gasteiger charge is 2.46. The maximum absolute atomic E-state index is 13.2. The van der Waals surface area contributed by atoms with Crippen LogP contribution in [0.2, 0.25) is 5.02 Å². The molecule has 7 heteroatoms. The smallest absolute Gasteiger partial charge is 0.295 e. The van der Waals surface area contributed by atoms with Crippen LogP contribution in [0, 0.1) is 0 Å². The molecule has 0 bridgehead atoms. The summed E-state index contributed by atoms with van der Waals surface area (Å²) in [7, 11) is 0. The van der Waals surface area contributed by atoms with Crippen molar-refractivity contribution in [3.63, 3.8) is 0 Å². The van der Waals surface area contributed by atoms with E-state index in [1.165, 1.54) is 4.90 Å². The summed E-state index contributed by atoms with van der Waals surface area (Å²) in [5, 5.41) is 23.0. The Hall–Kier alpha value is -3.90. The maximum Gasteiger partial charge on any atom is 0.295 e. The second kappa shape index (κ2) is 9.93. The molecular formula is C27H21ClNO5-. The summed E-state index contributed by atoms with van der Waals surface area (Å²) in [6, 6.07) is 23.1. The van der Waals surface area contributed by atoms with Gasteiger partial charge in [0, 0.05) is 29.0 Å². The standard InChI is InChI=1S/C27H22ClNO5/c28-21-13-11-18(12-14-21)24-23(25(32)19-9-5-2-6-10-19)26(33)27(34)29(24)16-20(15-22(30)31)17-7-3-1-4-8-17/h1-14,20,24,32H,15-16H2,(H,30,31)/p-1/t20-,24-/m0/s1. The average molecular weight is 475 g/mol. The number of likely N-dealkylation sites (tertiary alicyclic amines) is 1. The molecule has 3 aromatic rings. The molecule has 3 aromatic carbocycles. The SMILES string of the molecule is O=C([O-])C[C@@H](CN1C(=O)C(=O)C(=C(O)c2ccccc2)[C@@H]1c1ccc(Cl)cc1)c1ccccc1. The fourth-order valence-corrected chi connectivity index (χ4v) is 4.39. The Bertz CT molecular complexity index is 1240. The highest BCUT2D eigenvalue weighted by atomic mass is 35.5. The monoisotopic (exact) mass is 474 g/mol. The van der Waals surface area contributed by atoms with Gasteiger partial charge in [-0.2, -0.15) is 0 Å². The first kappa shape index (κ1) is 23.3. The number of carboxylic acid groups (broad SMARTS) is 1. The molecule has 1 aliphatic rings. The Labute approximate surface area is 201 Å². The van der Waals surface area contributed by atoms with Gasteiger partial charge in [-0.15, -0.1) is 0 Å². The lowest BCUT2D eigenvalue weighted by atomic mass is 9.92. The number of carbonyl (C=O) groups excluding carboxylic acids is 3. The van der Waals surface area contributed by atoms with Gasteiger partial charge in [-0.05, 0) is 29.7 Å². The van der Waals surface area contributed by atoms with Crippen molar-refractivity contribution in [3.05, 3.63) is 112 Å². The van der Waals surface area contributed by atoms with Gasteiger partial charge in [0.05, 0.1) is 11.6 Å². The number of aliphatic hydroxyl groups is 1. The molecule has 1 heterocycles. The number of rotatable bonds is 7. The van der Waals surface area contributed by atoms with E-state index in [9.17, 15) is 24.6 Å². The number of halogens is 1. The summed E-state index contributed by atoms with van der Waals surface area (Å²) in [5.74, 6) is -3.82. The number of aliphatic carboxylic acids is 1. The molecule has 1 amide bonds. The van der Waals surface area contributed by atoms with E-state index in [2.05, 4.69) is 0 Å². The number of ketones is 1. The van der Waals surface area contributed by atoms with Crippen molar-refractivity contribution in [1.29, 1.82) is 0 Å². The van der Waals surface area contributed by atoms with Crippen LogP contribution in [-0.4, -0.2) is 34.2 Å². The van der Waals surface area contributed by atoms with E-state index in [0.29, 0.717) is 21.7 Å². The van der Waals surface area contributed by atoms with Crippen LogP contribution in [-0.2, 0) is 14.4 Å². The van der Waals surface area contributed by atoms with Crippen molar-refractivity contribution >= 4 is 35.0 Å². The Balaban J connectivity index is 1.83. The zero-order chi connectivity index (χ0) is 24.2. The molecule has 0 aliphatic carbocycles. The Morgan fingerprint density at radius 2 is 1.53 bits per heavy atom. The van der Waals surface area contributed by atoms with Gasteiger partial charge in [-0.3, -0.25) is 9.59 Å². The Morgan fingerprint density at radius 1 is 0.941 bits per heavy atom. The second-order valence-electron chi connectivity index (χ2n) is 8.05. The van der Waals surface area contributed by atoms with E-state index in [1.807, 2.05) is 0 Å². The first-order valence-corrected chi connectivity index (χ1v) is 11.1. The maximum atomic E-state index is 13.2. The molecule has 1 fully saturated rings. The third-order valence-corrected chi connectivity index (χ3v) is 6.13. The van der Waals surface area contributed by atoms with Crippen molar-refractivity contribution in [3.8, 4) is 0 Å². The second-order valence-corrected chi connectivity index (χ2v) is 8.49. The third-order valence-electron chi connectivity index (χ3n) is 5.87. The van der Waals surface area contributed by atoms with Gasteiger partial charge < -0.3 is 19.9 Å². The Morgan fingerprint density at radius 3 is 2.12 bits per heavy atom. The van der Waals surface area contributed by atoms with Crippen molar-refractivity contribution in [1.82, 2.24) is 4.90 Å². The van der Waals surface area contributed by atoms with Crippen LogP contribution in [0.5, 0.6) is 0 Å². The first-order valence-electron chi connectivity index (χ1n) is 10.7. The molecule has 172 valence electrons. The van der Waals surface area contributed by atoms with E-state index in [-0.39, 0.29) is 24.3 Å². The van der Waals surface area contributed by atoms with Gasteiger partial charge in [-0.1, -0.05) is 84.4 Å². The van der Waals surface area contributed by atoms with Crippen molar-refractivity contribution in [2.45, 2.75) is 18.4 Å². The van der Waals surface area contributed by atoms with Gasteiger partial charge in [0.15, 0.2) is 0 Å². The zero-order valence-electron chi connectivity index (χ0n) is 18.1. The number of hydrogen-bond donors (Lipinski definition) is 1. The molecule has 1 N–H and O–H groups in total. The van der Waals surface area contributed by atoms with Crippen LogP contribution >= 0.6 is 11.6 Å². The van der Waals surface area contributed by atoms with E-state index in [4.69, 9.17) is 11.6 Å². The number of nitrogens with zero attached hydrogens (tertiary/aromatic N) is 1. The molecule has 1 saturated heterocycles. The van der Waals surface area contributed by atoms with E-state index >= 15 is 0 Å². The van der Waals surface area contributed by atoms with Crippen molar-refractivity contribution in [2.75, 3.05) is 6.54 Å². The minimum Gasteiger partial charge on any atom is -0.550 e. The lowest BCUT2D eigenvalue weighted by molar-refractivity contribution is -0.306. The topological polar surface area (TPSA) is 97.7 Å². The Kier molecular flexibility index (Phi) is 6.80. The lowest BCUT2D eigenvalue weighted by Crippen LogP contribution is -2.36. The van der Waals surface area contributed by atoms with Crippen molar-refractivity contribution in [2.24, 2.45) is 0 Å². The lowest BCUT2D eigenvalue weighted by Gasteiger charge is -2.30. The summed E-state index contributed by atoms with van der Waals surface area (Å²) >= 11 is 6.05. The number of amides is 1. The van der Waals surface area contributed by atoms with Crippen LogP contribution in [0.15, 0.2) is 90.5 Å². The van der Waals surface area contributed by atoms with Crippen molar-refractivity contribution < 1.29 is 24.6 Å². The molecule has 0 spiro atoms. The largest absolute Gasteiger partial charge is 0.550 e. The van der Waals surface area contributed by atoms with Gasteiger partial charge in [0.2, 0.25) is 0 Å². The third kappa shape index (κ3) is 4.72. The number of carboxylic acids is 1. The van der Waals surface area contributed by atoms with E-state index < -0.39 is 29.6 Å². The predicted octanol–water partition coefficient (Wildman–Crippen LogP) is 3.69. The quantitative estimate of drug-likeness (QED) is 0.320. The predicted molar refractivity (Wildman–Crippen MR) is 126 cm³/mol. The molecule has 1 aliphatic heterocycles. The molecule has 6 nitrogen and oxygen atoms in total. The molecular weight excluding hydrogens is 454 g/mol. The van der Waals surface area contributed by atoms with Gasteiger partial charge in [0.1, 0.15) is 5.76 Å². The molecule has 34 heavy (non-hydrogen) atoms. The highest BCUT2D eigenvalue weighted by molar-refractivity contribution is 6.46.